The minimum absolute atomic E-state index is 0.0184. The molecule has 0 saturated carbocycles. The van der Waals surface area contributed by atoms with Gasteiger partial charge in [0, 0.05) is 13.1 Å². The molecule has 7 heteroatoms. The maximum Gasteiger partial charge on any atom is 0.410 e. The molecule has 23 heavy (non-hydrogen) atoms. The first-order valence-corrected chi connectivity index (χ1v) is 7.76. The number of likely N-dealkylation sites (tertiary alicyclic amines) is 1. The monoisotopic (exact) mass is 333 g/mol. The standard InChI is InChI=1S/C16H25F2NO4/c1-5-22-13(20)16(9-7-12(17)18)8-6-10-19(11-16)14(21)23-15(2,3)4/h7H,5-6,8-11H2,1-4H3/t16-/m1/s1. The molecule has 1 saturated heterocycles. The summed E-state index contributed by atoms with van der Waals surface area (Å²) in [6.45, 7) is 7.50. The molecule has 5 nitrogen and oxygen atoms in total. The maximum absolute atomic E-state index is 12.5. The van der Waals surface area contributed by atoms with Crippen LogP contribution in [0.2, 0.25) is 0 Å². The van der Waals surface area contributed by atoms with E-state index in [1.807, 2.05) is 0 Å². The quantitative estimate of drug-likeness (QED) is 0.736. The zero-order chi connectivity index (χ0) is 17.7. The number of hydrogen-bond acceptors (Lipinski definition) is 4. The molecule has 1 aliphatic heterocycles. The van der Waals surface area contributed by atoms with Gasteiger partial charge in [-0.05, 0) is 53.0 Å². The van der Waals surface area contributed by atoms with Crippen LogP contribution in [0.25, 0.3) is 0 Å². The number of halogens is 2. The Morgan fingerprint density at radius 1 is 1.30 bits per heavy atom. The Bertz CT molecular complexity index is 469. The van der Waals surface area contributed by atoms with E-state index < -0.39 is 29.2 Å². The lowest BCUT2D eigenvalue weighted by Crippen LogP contribution is -2.51. The molecule has 0 N–H and O–H groups in total. The second-order valence-electron chi connectivity index (χ2n) is 6.70. The Balaban J connectivity index is 2.95. The first-order valence-electron chi connectivity index (χ1n) is 7.76. The molecule has 1 rings (SSSR count). The SMILES string of the molecule is CCOC(=O)[C@@]1(CC=C(F)F)CCCN(C(=O)OC(C)(C)C)C1. The van der Waals surface area contributed by atoms with Crippen LogP contribution in [-0.4, -0.2) is 42.3 Å². The largest absolute Gasteiger partial charge is 0.466 e. The van der Waals surface area contributed by atoms with Gasteiger partial charge < -0.3 is 14.4 Å². The van der Waals surface area contributed by atoms with Crippen molar-refractivity contribution in [3.8, 4) is 0 Å². The second kappa shape index (κ2) is 7.75. The number of piperidine rings is 1. The molecular formula is C16H25F2NO4. The maximum atomic E-state index is 12.5. The summed E-state index contributed by atoms with van der Waals surface area (Å²) in [6.07, 6.45) is -0.906. The summed E-state index contributed by atoms with van der Waals surface area (Å²) in [7, 11) is 0. The molecule has 0 aromatic rings. The van der Waals surface area contributed by atoms with Crippen LogP contribution >= 0.6 is 0 Å². The number of amides is 1. The van der Waals surface area contributed by atoms with E-state index in [1.54, 1.807) is 27.7 Å². The van der Waals surface area contributed by atoms with E-state index in [-0.39, 0.29) is 19.6 Å². The van der Waals surface area contributed by atoms with Gasteiger partial charge in [-0.15, -0.1) is 0 Å². The highest BCUT2D eigenvalue weighted by molar-refractivity contribution is 5.79. The summed E-state index contributed by atoms with van der Waals surface area (Å²) in [5, 5.41) is 0. The predicted molar refractivity (Wildman–Crippen MR) is 81.0 cm³/mol. The molecule has 0 aliphatic carbocycles. The lowest BCUT2D eigenvalue weighted by molar-refractivity contribution is -0.158. The van der Waals surface area contributed by atoms with Crippen molar-refractivity contribution in [1.82, 2.24) is 4.90 Å². The lowest BCUT2D eigenvalue weighted by atomic mass is 9.77. The average molecular weight is 333 g/mol. The van der Waals surface area contributed by atoms with Gasteiger partial charge >= 0.3 is 12.1 Å². The third-order valence-corrected chi connectivity index (χ3v) is 3.58. The summed E-state index contributed by atoms with van der Waals surface area (Å²) < 4.78 is 35.3. The number of nitrogens with zero attached hydrogens (tertiary/aromatic N) is 1. The van der Waals surface area contributed by atoms with Gasteiger partial charge in [-0.2, -0.15) is 8.78 Å². The molecule has 0 bridgehead atoms. The van der Waals surface area contributed by atoms with E-state index >= 15 is 0 Å². The normalized spacial score (nSPS) is 21.6. The summed E-state index contributed by atoms with van der Waals surface area (Å²) in [6, 6.07) is 0. The number of hydrogen-bond donors (Lipinski definition) is 0. The lowest BCUT2D eigenvalue weighted by Gasteiger charge is -2.40. The summed E-state index contributed by atoms with van der Waals surface area (Å²) in [5.74, 6) is -0.550. The highest BCUT2D eigenvalue weighted by Gasteiger charge is 2.45. The van der Waals surface area contributed by atoms with Crippen molar-refractivity contribution < 1.29 is 27.8 Å². The first kappa shape index (κ1) is 19.4. The molecule has 0 unspecified atom stereocenters. The van der Waals surface area contributed by atoms with Crippen LogP contribution in [0.5, 0.6) is 0 Å². The highest BCUT2D eigenvalue weighted by Crippen LogP contribution is 2.36. The van der Waals surface area contributed by atoms with E-state index in [0.29, 0.717) is 19.4 Å². The number of carbonyl (C=O) groups excluding carboxylic acids is 2. The van der Waals surface area contributed by atoms with Crippen LogP contribution in [0.3, 0.4) is 0 Å². The smallest absolute Gasteiger partial charge is 0.410 e. The molecule has 1 fully saturated rings. The van der Waals surface area contributed by atoms with E-state index in [1.165, 1.54) is 4.90 Å². The molecule has 0 aromatic heterocycles. The summed E-state index contributed by atoms with van der Waals surface area (Å²) >= 11 is 0. The zero-order valence-corrected chi connectivity index (χ0v) is 14.2. The van der Waals surface area contributed by atoms with Gasteiger partial charge in [-0.3, -0.25) is 4.79 Å². The van der Waals surface area contributed by atoms with E-state index in [9.17, 15) is 18.4 Å². The number of allylic oxidation sites excluding steroid dienone is 1. The third kappa shape index (κ3) is 5.80. The van der Waals surface area contributed by atoms with Crippen LogP contribution in [-0.2, 0) is 14.3 Å². The molecule has 1 heterocycles. The van der Waals surface area contributed by atoms with Gasteiger partial charge in [-0.25, -0.2) is 4.79 Å². The van der Waals surface area contributed by atoms with Crippen LogP contribution in [0.15, 0.2) is 12.2 Å². The molecule has 1 aliphatic rings. The Morgan fingerprint density at radius 3 is 2.48 bits per heavy atom. The van der Waals surface area contributed by atoms with Gasteiger partial charge in [-0.1, -0.05) is 0 Å². The Hall–Kier alpha value is -1.66. The summed E-state index contributed by atoms with van der Waals surface area (Å²) in [4.78, 5) is 25.9. The average Bonchev–Trinajstić information content (AvgIpc) is 2.44. The fourth-order valence-corrected chi connectivity index (χ4v) is 2.59. The number of rotatable bonds is 4. The van der Waals surface area contributed by atoms with Crippen molar-refractivity contribution in [2.75, 3.05) is 19.7 Å². The molecule has 1 amide bonds. The molecular weight excluding hydrogens is 308 g/mol. The van der Waals surface area contributed by atoms with Crippen LogP contribution in [0.1, 0.15) is 47.0 Å². The zero-order valence-electron chi connectivity index (χ0n) is 14.2. The Morgan fingerprint density at radius 2 is 1.96 bits per heavy atom. The van der Waals surface area contributed by atoms with E-state index in [4.69, 9.17) is 9.47 Å². The van der Waals surface area contributed by atoms with Gasteiger partial charge in [0.15, 0.2) is 0 Å². The second-order valence-corrected chi connectivity index (χ2v) is 6.70. The van der Waals surface area contributed by atoms with Gasteiger partial charge in [0.1, 0.15) is 5.60 Å². The number of ether oxygens (including phenoxy) is 2. The molecule has 0 radical (unpaired) electrons. The van der Waals surface area contributed by atoms with Crippen LogP contribution in [0.4, 0.5) is 13.6 Å². The van der Waals surface area contributed by atoms with Crippen molar-refractivity contribution in [1.29, 1.82) is 0 Å². The minimum Gasteiger partial charge on any atom is -0.466 e. The van der Waals surface area contributed by atoms with Crippen molar-refractivity contribution in [2.24, 2.45) is 5.41 Å². The molecule has 0 aromatic carbocycles. The number of esters is 1. The molecule has 0 spiro atoms. The number of carbonyl (C=O) groups is 2. The van der Waals surface area contributed by atoms with Crippen molar-refractivity contribution in [2.45, 2.75) is 52.6 Å². The first-order chi connectivity index (χ1) is 10.6. The molecule has 1 atom stereocenters. The van der Waals surface area contributed by atoms with Gasteiger partial charge in [0.2, 0.25) is 0 Å². The highest BCUT2D eigenvalue weighted by atomic mass is 19.3. The Labute approximate surface area is 135 Å². The molecule has 132 valence electrons. The van der Waals surface area contributed by atoms with Crippen LogP contribution < -0.4 is 0 Å². The third-order valence-electron chi connectivity index (χ3n) is 3.58. The van der Waals surface area contributed by atoms with Crippen molar-refractivity contribution in [3.63, 3.8) is 0 Å². The topological polar surface area (TPSA) is 55.8 Å². The van der Waals surface area contributed by atoms with Crippen molar-refractivity contribution in [3.05, 3.63) is 12.2 Å². The summed E-state index contributed by atoms with van der Waals surface area (Å²) in [5.41, 5.74) is -1.80. The van der Waals surface area contributed by atoms with Crippen LogP contribution in [0, 0.1) is 5.41 Å². The fraction of sp³-hybridized carbons (Fsp3) is 0.750. The predicted octanol–water partition coefficient (Wildman–Crippen LogP) is 3.74. The van der Waals surface area contributed by atoms with Gasteiger partial charge in [0.05, 0.1) is 12.0 Å². The Kier molecular flexibility index (Phi) is 6.53. The van der Waals surface area contributed by atoms with E-state index in [0.717, 1.165) is 6.08 Å². The van der Waals surface area contributed by atoms with Crippen molar-refractivity contribution >= 4 is 12.1 Å². The fourth-order valence-electron chi connectivity index (χ4n) is 2.59. The van der Waals surface area contributed by atoms with Gasteiger partial charge in [0.25, 0.3) is 6.08 Å². The minimum atomic E-state index is -1.84. The van der Waals surface area contributed by atoms with E-state index in [2.05, 4.69) is 0 Å².